The molecular formula is C34H34BrN6NaO2S29. The first-order valence-electron chi connectivity index (χ1n) is 18.2. The van der Waals surface area contributed by atoms with Crippen molar-refractivity contribution < 1.29 is 39.1 Å². The summed E-state index contributed by atoms with van der Waals surface area (Å²) in [6.07, 6.45) is 2.38. The van der Waals surface area contributed by atoms with E-state index in [9.17, 15) is 9.59 Å². The molecule has 0 aliphatic heterocycles. The Bertz CT molecular complexity index is 3520. The van der Waals surface area contributed by atoms with Gasteiger partial charge >= 0.3 is 29.6 Å². The van der Waals surface area contributed by atoms with Gasteiger partial charge in [0.1, 0.15) is 11.8 Å². The maximum absolute atomic E-state index is 12.3. The third kappa shape index (κ3) is 48.0. The van der Waals surface area contributed by atoms with Gasteiger partial charge in [-0.2, -0.15) is 0 Å². The van der Waals surface area contributed by atoms with Crippen LogP contribution in [0, 0.1) is 13.8 Å². The fraction of sp³-hybridized carbons (Fsp3) is 0.235. The molecule has 73 heavy (non-hydrogen) atoms. The molecule has 394 valence electrons. The van der Waals surface area contributed by atoms with Gasteiger partial charge in [-0.3, -0.25) is 14.5 Å². The minimum atomic E-state index is -0.737. The van der Waals surface area contributed by atoms with Crippen LogP contribution < -0.4 is 29.6 Å². The molecule has 0 saturated heterocycles. The number of alkyl halides is 1. The van der Waals surface area contributed by atoms with Gasteiger partial charge in [0.2, 0.25) is 0 Å². The molecule has 0 aromatic heterocycles. The zero-order chi connectivity index (χ0) is 53.1. The quantitative estimate of drug-likeness (QED) is 0.0522. The minimum Gasteiger partial charge on any atom is -0.373 e. The molecule has 2 atom stereocenters. The third-order valence-corrected chi connectivity index (χ3v) is 59.3. The minimum absolute atomic E-state index is 0. The molecule has 4 rings (SSSR count). The van der Waals surface area contributed by atoms with E-state index in [1.165, 1.54) is 51.6 Å². The first-order chi connectivity index (χ1) is 35.1. The van der Waals surface area contributed by atoms with Crippen molar-refractivity contribution in [3.63, 3.8) is 0 Å². The predicted octanol–water partition coefficient (Wildman–Crippen LogP) is 6.98. The van der Waals surface area contributed by atoms with Crippen molar-refractivity contribution in [1.29, 1.82) is 0 Å². The van der Waals surface area contributed by atoms with Crippen molar-refractivity contribution in [3.8, 4) is 0 Å². The van der Waals surface area contributed by atoms with Crippen LogP contribution in [-0.2, 0) is 289 Å². The van der Waals surface area contributed by atoms with Crippen molar-refractivity contribution in [2.75, 3.05) is 0 Å². The van der Waals surface area contributed by atoms with Crippen molar-refractivity contribution in [1.82, 2.24) is 0 Å². The molecule has 0 aliphatic rings. The van der Waals surface area contributed by atoms with Gasteiger partial charge < -0.3 is 11.1 Å². The number of ketones is 2. The third-order valence-electron chi connectivity index (χ3n) is 7.16. The molecule has 0 bridgehead atoms. The van der Waals surface area contributed by atoms with Crippen LogP contribution in [-0.4, -0.2) is 11.6 Å². The standard InChI is InChI=1S/C17H17BrO.C17H17N3O.N3.Na.S15.S14/c1-13-7-10-15(11-8-13)17(18)16(19)12-9-14-5-3-2-4-6-14;1-13-7-10-15(11-8-13)17(19-20-18)16(21)12-9-14-5-3-2-4-6-14;1-3-2;;1-3-5-7-9-11-13-15-14-12-10-8-6-4-2;1-3-5-7-9-11-13-14-12-10-8-6-4-2/h2-8,10-11,17H,9,12H2,1H3;2-8,10-11,17H,9,12H2,1H3;;;;/q;;-1;+1;;. The number of azide groups is 1. The van der Waals surface area contributed by atoms with E-state index in [4.69, 9.17) is 61.3 Å². The van der Waals surface area contributed by atoms with Crippen molar-refractivity contribution in [3.05, 3.63) is 169 Å². The second-order valence-electron chi connectivity index (χ2n) is 11.5. The van der Waals surface area contributed by atoms with E-state index < -0.39 is 6.04 Å². The van der Waals surface area contributed by atoms with Crippen LogP contribution in [0.3, 0.4) is 0 Å². The average Bonchev–Trinajstić information content (AvgIpc) is 3.40. The molecule has 0 radical (unpaired) electrons. The topological polar surface area (TPSA) is 142 Å². The summed E-state index contributed by atoms with van der Waals surface area (Å²) in [5.74, 6) is 0.174. The Morgan fingerprint density at radius 3 is 1.03 bits per heavy atom. The number of Topliss-reactive ketones (excluding diaryl/α,β-unsaturated/α-hetero) is 2. The molecule has 0 aliphatic carbocycles. The number of benzene rings is 4. The molecule has 0 fully saturated rings. The van der Waals surface area contributed by atoms with Crippen LogP contribution in [0.1, 0.15) is 57.1 Å². The first-order valence-corrected chi connectivity index (χ1v) is 55.1. The molecule has 0 N–H and O–H groups in total. The number of halogens is 1. The fourth-order valence-electron chi connectivity index (χ4n) is 4.36. The summed E-state index contributed by atoms with van der Waals surface area (Å²) in [4.78, 5) is 28.6. The molecule has 2 unspecified atom stereocenters. The summed E-state index contributed by atoms with van der Waals surface area (Å²) in [5.41, 5.74) is 28.6. The molecule has 0 heterocycles. The Balaban J connectivity index is 0. The van der Waals surface area contributed by atoms with Gasteiger partial charge in [-0.1, -0.05) is 141 Å². The number of carbonyl (C=O) groups excluding carboxylic acids is 2. The average molecular weight is 1590 g/mol. The number of rotatable bonds is 11. The molecule has 39 heteroatoms. The second-order valence-corrected chi connectivity index (χ2v) is 56.6. The number of hydrogen-bond donors (Lipinski definition) is 0. The Morgan fingerprint density at radius 2 is 0.740 bits per heavy atom. The van der Waals surface area contributed by atoms with E-state index in [-0.39, 0.29) is 46.0 Å². The van der Waals surface area contributed by atoms with Crippen molar-refractivity contribution in [2.45, 2.75) is 50.4 Å². The van der Waals surface area contributed by atoms with Crippen LogP contribution in [0.2, 0.25) is 0 Å². The summed E-state index contributed by atoms with van der Waals surface area (Å²) >= 11 is 22.4. The summed E-state index contributed by atoms with van der Waals surface area (Å²) in [6, 6.07) is 34.8. The largest absolute Gasteiger partial charge is 1.00 e. The monoisotopic (exact) mass is 1590 g/mol. The van der Waals surface area contributed by atoms with Crippen molar-refractivity contribution >= 4 is 294 Å². The van der Waals surface area contributed by atoms with E-state index in [1.54, 1.807) is 186 Å². The van der Waals surface area contributed by atoms with Gasteiger partial charge in [-0.05, 0) is 54.5 Å². The SMILES string of the molecule is Cc1ccc(C(Br)C(=O)CCc2ccccc2)cc1.Cc1ccc(C(N=[N+]=[N-])C(=O)CCc2ccccc2)cc1.S=S=S=S=S=S=S=S=S=S=S=S=S=S.S=S=S=S=S=S=S=S=S=S=S=S=S=S=S.[N-]=[N+]=[N-].[Na+]. The van der Waals surface area contributed by atoms with Crippen LogP contribution in [0.25, 0.3) is 26.4 Å². The maximum atomic E-state index is 12.3. The molecule has 4 aromatic rings. The molecule has 8 nitrogen and oxygen atoms in total. The number of aryl methyl sites for hydroxylation is 4. The van der Waals surface area contributed by atoms with E-state index in [2.05, 4.69) is 38.1 Å². The van der Waals surface area contributed by atoms with Gasteiger partial charge in [-0.25, -0.2) is 0 Å². The van der Waals surface area contributed by atoms with E-state index in [0.717, 1.165) is 28.7 Å². The van der Waals surface area contributed by atoms with Crippen LogP contribution in [0.4, 0.5) is 0 Å². The van der Waals surface area contributed by atoms with Gasteiger partial charge in [-0.15, -0.1) is 0 Å². The molecule has 0 saturated carbocycles. The van der Waals surface area contributed by atoms with Crippen LogP contribution >= 0.6 is 15.9 Å². The van der Waals surface area contributed by atoms with Gasteiger partial charge in [0.05, 0.1) is 4.83 Å². The van der Waals surface area contributed by atoms with Gasteiger partial charge in [0.15, 0.2) is 5.78 Å². The normalized spacial score (nSPS) is 9.41. The fourth-order valence-corrected chi connectivity index (χ4v) is 62.5. The van der Waals surface area contributed by atoms with E-state index in [1.807, 2.05) is 111 Å². The number of carbonyl (C=O) groups is 2. The Morgan fingerprint density at radius 1 is 0.466 bits per heavy atom. The summed E-state index contributed by atoms with van der Waals surface area (Å²) < 4.78 is 0. The van der Waals surface area contributed by atoms with Gasteiger partial charge in [0, 0.05) is 285 Å². The molecular weight excluding hydrogens is 1560 g/mol. The van der Waals surface area contributed by atoms with E-state index in [0.29, 0.717) is 19.3 Å². The summed E-state index contributed by atoms with van der Waals surface area (Å²) in [7, 11) is 41.6. The maximum Gasteiger partial charge on any atom is 1.00 e. The van der Waals surface area contributed by atoms with Crippen LogP contribution in [0.15, 0.2) is 114 Å². The number of nitrogens with zero attached hydrogens (tertiary/aromatic N) is 6. The second kappa shape index (κ2) is 59.3. The summed E-state index contributed by atoms with van der Waals surface area (Å²) in [5, 5.41) is 3.67. The van der Waals surface area contributed by atoms with E-state index >= 15 is 0 Å². The van der Waals surface area contributed by atoms with Gasteiger partial charge in [0.25, 0.3) is 0 Å². The van der Waals surface area contributed by atoms with Crippen molar-refractivity contribution in [2.24, 2.45) is 5.11 Å². The molecule has 0 spiro atoms. The summed E-state index contributed by atoms with van der Waals surface area (Å²) in [6.45, 7) is 4.02. The first kappa shape index (κ1) is 77.8. The smallest absolute Gasteiger partial charge is 0.373 e. The zero-order valence-electron chi connectivity index (χ0n) is 37.1. The Kier molecular flexibility index (Phi) is 63.2. The predicted molar refractivity (Wildman–Crippen MR) is 389 cm³/mol. The van der Waals surface area contributed by atoms with Crippen LogP contribution in [0.5, 0.6) is 0 Å². The molecule has 4 aromatic carbocycles. The Labute approximate surface area is 547 Å². The molecule has 0 amide bonds. The zero-order valence-corrected chi connectivity index (χ0v) is 64.4. The Hall–Kier alpha value is 2.70. The number of hydrogen-bond acceptors (Lipinski definition) is 7.